The van der Waals surface area contributed by atoms with Gasteiger partial charge in [-0.15, -0.1) is 0 Å². The fourth-order valence-electron chi connectivity index (χ4n) is 1.88. The Balaban J connectivity index is 2.36. The van der Waals surface area contributed by atoms with Crippen LogP contribution in [-0.4, -0.2) is 27.9 Å². The second-order valence-electron chi connectivity index (χ2n) is 4.72. The van der Waals surface area contributed by atoms with Gasteiger partial charge in [-0.25, -0.2) is 9.67 Å². The molecule has 0 aliphatic carbocycles. The van der Waals surface area contributed by atoms with Crippen LogP contribution in [0, 0.1) is 6.92 Å². The Bertz CT molecular complexity index is 548. The quantitative estimate of drug-likeness (QED) is 0.893. The van der Waals surface area contributed by atoms with Crippen LogP contribution in [-0.2, 0) is 0 Å². The fraction of sp³-hybridized carbons (Fsp3) is 0.429. The van der Waals surface area contributed by atoms with Crippen LogP contribution in [0.15, 0.2) is 24.3 Å². The summed E-state index contributed by atoms with van der Waals surface area (Å²) < 4.78 is 7.41. The molecular formula is C14H20N4O. The second kappa shape index (κ2) is 5.84. The molecule has 5 nitrogen and oxygen atoms in total. The minimum Gasteiger partial charge on any atom is -0.492 e. The molecule has 0 aliphatic rings. The summed E-state index contributed by atoms with van der Waals surface area (Å²) in [6.07, 6.45) is 0. The molecule has 0 saturated carbocycles. The van der Waals surface area contributed by atoms with Gasteiger partial charge in [-0.3, -0.25) is 0 Å². The minimum absolute atomic E-state index is 0.315. The standard InChI is InChI=1S/C14H20N4O/c1-10(2)14-16-11(3)17-18(14)12-5-4-6-13(9-12)19-8-7-15/h4-6,9-10H,7-8,15H2,1-3H3. The van der Waals surface area contributed by atoms with Gasteiger partial charge in [0.15, 0.2) is 0 Å². The molecule has 5 heteroatoms. The maximum atomic E-state index is 5.54. The summed E-state index contributed by atoms with van der Waals surface area (Å²) in [7, 11) is 0. The highest BCUT2D eigenvalue weighted by Crippen LogP contribution is 2.20. The van der Waals surface area contributed by atoms with E-state index in [0.29, 0.717) is 19.1 Å². The molecule has 1 aromatic heterocycles. The maximum Gasteiger partial charge on any atom is 0.148 e. The number of benzene rings is 1. The lowest BCUT2D eigenvalue weighted by molar-refractivity contribution is 0.328. The number of rotatable bonds is 5. The lowest BCUT2D eigenvalue weighted by Gasteiger charge is -2.10. The van der Waals surface area contributed by atoms with Gasteiger partial charge in [0.1, 0.15) is 24.0 Å². The predicted octanol–water partition coefficient (Wildman–Crippen LogP) is 2.04. The number of nitrogens with two attached hydrogens (primary N) is 1. The van der Waals surface area contributed by atoms with Crippen molar-refractivity contribution in [3.63, 3.8) is 0 Å². The van der Waals surface area contributed by atoms with E-state index in [1.54, 1.807) is 0 Å². The highest BCUT2D eigenvalue weighted by Gasteiger charge is 2.13. The molecule has 0 saturated heterocycles. The molecule has 0 atom stereocenters. The molecule has 0 amide bonds. The summed E-state index contributed by atoms with van der Waals surface area (Å²) in [4.78, 5) is 4.47. The normalized spacial score (nSPS) is 11.0. The zero-order valence-corrected chi connectivity index (χ0v) is 11.6. The van der Waals surface area contributed by atoms with E-state index in [-0.39, 0.29) is 0 Å². The molecule has 0 unspecified atom stereocenters. The molecule has 0 aliphatic heterocycles. The topological polar surface area (TPSA) is 66.0 Å². The second-order valence-corrected chi connectivity index (χ2v) is 4.72. The van der Waals surface area contributed by atoms with Crippen molar-refractivity contribution >= 4 is 0 Å². The zero-order valence-electron chi connectivity index (χ0n) is 11.6. The highest BCUT2D eigenvalue weighted by atomic mass is 16.5. The molecule has 102 valence electrons. The highest BCUT2D eigenvalue weighted by molar-refractivity contribution is 5.39. The molecule has 0 bridgehead atoms. The Morgan fingerprint density at radius 1 is 1.37 bits per heavy atom. The Hall–Kier alpha value is -1.88. The van der Waals surface area contributed by atoms with E-state index in [4.69, 9.17) is 10.5 Å². The first-order valence-corrected chi connectivity index (χ1v) is 6.48. The van der Waals surface area contributed by atoms with Gasteiger partial charge in [-0.05, 0) is 19.1 Å². The Labute approximate surface area is 113 Å². The first-order valence-electron chi connectivity index (χ1n) is 6.48. The third-order valence-electron chi connectivity index (χ3n) is 2.70. The fourth-order valence-corrected chi connectivity index (χ4v) is 1.88. The van der Waals surface area contributed by atoms with Gasteiger partial charge >= 0.3 is 0 Å². The first-order chi connectivity index (χ1) is 9.11. The van der Waals surface area contributed by atoms with E-state index in [2.05, 4.69) is 23.9 Å². The van der Waals surface area contributed by atoms with Crippen LogP contribution in [0.25, 0.3) is 5.69 Å². The molecular weight excluding hydrogens is 240 g/mol. The Morgan fingerprint density at radius 2 is 2.16 bits per heavy atom. The minimum atomic E-state index is 0.315. The number of hydrogen-bond acceptors (Lipinski definition) is 4. The number of ether oxygens (including phenoxy) is 1. The third-order valence-corrected chi connectivity index (χ3v) is 2.70. The number of aromatic nitrogens is 3. The van der Waals surface area contributed by atoms with Crippen molar-refractivity contribution in [2.75, 3.05) is 13.2 Å². The van der Waals surface area contributed by atoms with Crippen molar-refractivity contribution in [2.45, 2.75) is 26.7 Å². The van der Waals surface area contributed by atoms with Gasteiger partial charge in [0.25, 0.3) is 0 Å². The number of nitrogens with zero attached hydrogens (tertiary/aromatic N) is 3. The van der Waals surface area contributed by atoms with Crippen LogP contribution in [0.2, 0.25) is 0 Å². The molecule has 0 radical (unpaired) electrons. The van der Waals surface area contributed by atoms with Gasteiger partial charge in [0.05, 0.1) is 5.69 Å². The number of aryl methyl sites for hydroxylation is 1. The Kier molecular flexibility index (Phi) is 4.16. The van der Waals surface area contributed by atoms with Crippen molar-refractivity contribution in [1.82, 2.24) is 14.8 Å². The monoisotopic (exact) mass is 260 g/mol. The van der Waals surface area contributed by atoms with E-state index >= 15 is 0 Å². The van der Waals surface area contributed by atoms with E-state index in [0.717, 1.165) is 23.1 Å². The summed E-state index contributed by atoms with van der Waals surface area (Å²) in [6, 6.07) is 7.81. The zero-order chi connectivity index (χ0) is 13.8. The van der Waals surface area contributed by atoms with Crippen LogP contribution in [0.5, 0.6) is 5.75 Å². The lowest BCUT2D eigenvalue weighted by Crippen LogP contribution is -2.11. The summed E-state index contributed by atoms with van der Waals surface area (Å²) in [6.45, 7) is 7.13. The van der Waals surface area contributed by atoms with E-state index in [9.17, 15) is 0 Å². The van der Waals surface area contributed by atoms with Gasteiger partial charge in [0, 0.05) is 18.5 Å². The largest absolute Gasteiger partial charge is 0.492 e. The van der Waals surface area contributed by atoms with Crippen LogP contribution >= 0.6 is 0 Å². The van der Waals surface area contributed by atoms with Gasteiger partial charge in [0.2, 0.25) is 0 Å². The van der Waals surface area contributed by atoms with E-state index < -0.39 is 0 Å². The predicted molar refractivity (Wildman–Crippen MR) is 74.7 cm³/mol. The molecule has 19 heavy (non-hydrogen) atoms. The van der Waals surface area contributed by atoms with E-state index in [1.807, 2.05) is 35.9 Å². The molecule has 1 aromatic carbocycles. The smallest absolute Gasteiger partial charge is 0.148 e. The van der Waals surface area contributed by atoms with Crippen molar-refractivity contribution in [1.29, 1.82) is 0 Å². The van der Waals surface area contributed by atoms with Crippen LogP contribution < -0.4 is 10.5 Å². The van der Waals surface area contributed by atoms with Crippen molar-refractivity contribution in [3.05, 3.63) is 35.9 Å². The molecule has 0 fully saturated rings. The summed E-state index contributed by atoms with van der Waals surface area (Å²) in [5.41, 5.74) is 6.40. The average Bonchev–Trinajstić information content (AvgIpc) is 2.79. The van der Waals surface area contributed by atoms with Crippen molar-refractivity contribution in [2.24, 2.45) is 5.73 Å². The first kappa shape index (κ1) is 13.5. The number of hydrogen-bond donors (Lipinski definition) is 1. The third kappa shape index (κ3) is 3.12. The molecule has 2 rings (SSSR count). The summed E-state index contributed by atoms with van der Waals surface area (Å²) >= 11 is 0. The van der Waals surface area contributed by atoms with Crippen LogP contribution in [0.3, 0.4) is 0 Å². The maximum absolute atomic E-state index is 5.54. The summed E-state index contributed by atoms with van der Waals surface area (Å²) in [5.74, 6) is 2.84. The molecule has 1 heterocycles. The van der Waals surface area contributed by atoms with Gasteiger partial charge < -0.3 is 10.5 Å². The average molecular weight is 260 g/mol. The van der Waals surface area contributed by atoms with E-state index in [1.165, 1.54) is 0 Å². The van der Waals surface area contributed by atoms with Crippen molar-refractivity contribution < 1.29 is 4.74 Å². The summed E-state index contributed by atoms with van der Waals surface area (Å²) in [5, 5.41) is 4.45. The van der Waals surface area contributed by atoms with Crippen molar-refractivity contribution in [3.8, 4) is 11.4 Å². The Morgan fingerprint density at radius 3 is 2.84 bits per heavy atom. The van der Waals surface area contributed by atoms with Gasteiger partial charge in [-0.2, -0.15) is 5.10 Å². The molecule has 2 aromatic rings. The lowest BCUT2D eigenvalue weighted by atomic mass is 10.2. The molecule has 0 spiro atoms. The van der Waals surface area contributed by atoms with Crippen LogP contribution in [0.1, 0.15) is 31.4 Å². The van der Waals surface area contributed by atoms with Crippen LogP contribution in [0.4, 0.5) is 0 Å². The molecule has 2 N–H and O–H groups in total. The SMILES string of the molecule is Cc1nc(C(C)C)n(-c2cccc(OCCN)c2)n1. The van der Waals surface area contributed by atoms with Gasteiger partial charge in [-0.1, -0.05) is 19.9 Å².